The van der Waals surface area contributed by atoms with Gasteiger partial charge in [-0.15, -0.1) is 0 Å². The number of ether oxygens (including phenoxy) is 1. The molecule has 5 aromatic rings. The third-order valence-electron chi connectivity index (χ3n) is 7.14. The molecule has 0 N–H and O–H groups in total. The smallest absolute Gasteiger partial charge is 0.416 e. The number of halogens is 4. The Balaban J connectivity index is 1.60. The molecule has 5 aromatic carbocycles. The first kappa shape index (κ1) is 28.6. The second-order valence-corrected chi connectivity index (χ2v) is 13.5. The maximum absolute atomic E-state index is 13.5. The molecule has 0 saturated heterocycles. The van der Waals surface area contributed by atoms with E-state index in [2.05, 4.69) is 78.9 Å². The molecule has 41 heavy (non-hydrogen) atoms. The topological polar surface area (TPSA) is 9.23 Å². The van der Waals surface area contributed by atoms with Gasteiger partial charge in [-0.2, -0.15) is 13.2 Å². The van der Waals surface area contributed by atoms with E-state index >= 15 is 0 Å². The SMILES string of the molecule is Cc1ccc(OCc2cc(CF)cc(C(F)(F)F)c2)c(C[P+](c2ccccc2)(c2ccccc2)c2ccccc2)c1. The third-order valence-corrected chi connectivity index (χ3v) is 11.5. The minimum atomic E-state index is -4.57. The first-order valence-corrected chi connectivity index (χ1v) is 15.3. The summed E-state index contributed by atoms with van der Waals surface area (Å²) >= 11 is 0. The lowest BCUT2D eigenvalue weighted by Gasteiger charge is -2.28. The molecule has 6 heteroatoms. The van der Waals surface area contributed by atoms with Gasteiger partial charge in [0.05, 0.1) is 5.56 Å². The van der Waals surface area contributed by atoms with Crippen LogP contribution >= 0.6 is 7.26 Å². The van der Waals surface area contributed by atoms with Crippen LogP contribution in [-0.4, -0.2) is 0 Å². The van der Waals surface area contributed by atoms with E-state index in [0.717, 1.165) is 23.3 Å². The van der Waals surface area contributed by atoms with Gasteiger partial charge in [-0.3, -0.25) is 0 Å². The van der Waals surface area contributed by atoms with Crippen molar-refractivity contribution < 1.29 is 22.3 Å². The molecule has 0 unspecified atom stereocenters. The maximum atomic E-state index is 13.5. The Morgan fingerprint density at radius 1 is 0.634 bits per heavy atom. The Bertz CT molecular complexity index is 1490. The van der Waals surface area contributed by atoms with Crippen molar-refractivity contribution in [2.45, 2.75) is 32.5 Å². The Morgan fingerprint density at radius 3 is 1.63 bits per heavy atom. The summed E-state index contributed by atoms with van der Waals surface area (Å²) in [5.41, 5.74) is 1.39. The normalized spacial score (nSPS) is 11.8. The number of benzene rings is 5. The largest absolute Gasteiger partial charge is 0.488 e. The average Bonchev–Trinajstić information content (AvgIpc) is 3.00. The first-order chi connectivity index (χ1) is 19.8. The lowest BCUT2D eigenvalue weighted by atomic mass is 10.1. The Morgan fingerprint density at radius 2 is 1.15 bits per heavy atom. The fraction of sp³-hybridized carbons (Fsp3) is 0.143. The van der Waals surface area contributed by atoms with Gasteiger partial charge in [0.2, 0.25) is 0 Å². The van der Waals surface area contributed by atoms with E-state index in [4.69, 9.17) is 4.74 Å². The van der Waals surface area contributed by atoms with E-state index in [1.807, 2.05) is 37.3 Å². The van der Waals surface area contributed by atoms with Crippen LogP contribution in [0.25, 0.3) is 0 Å². The molecule has 0 aliphatic rings. The molecule has 0 aliphatic carbocycles. The number of alkyl halides is 4. The van der Waals surface area contributed by atoms with Crippen LogP contribution in [0, 0.1) is 6.92 Å². The van der Waals surface area contributed by atoms with Gasteiger partial charge in [-0.1, -0.05) is 66.2 Å². The van der Waals surface area contributed by atoms with Gasteiger partial charge in [0.15, 0.2) is 0 Å². The second kappa shape index (κ2) is 12.3. The zero-order chi connectivity index (χ0) is 28.9. The Kier molecular flexibility index (Phi) is 8.56. The van der Waals surface area contributed by atoms with Gasteiger partial charge in [-0.25, -0.2) is 4.39 Å². The number of hydrogen-bond acceptors (Lipinski definition) is 1. The molecule has 0 saturated carbocycles. The van der Waals surface area contributed by atoms with Gasteiger partial charge >= 0.3 is 6.18 Å². The summed E-state index contributed by atoms with van der Waals surface area (Å²) < 4.78 is 60.0. The van der Waals surface area contributed by atoms with Crippen molar-refractivity contribution in [3.05, 3.63) is 155 Å². The molecule has 0 spiro atoms. The van der Waals surface area contributed by atoms with E-state index in [1.165, 1.54) is 22.0 Å². The zero-order valence-corrected chi connectivity index (χ0v) is 23.5. The number of rotatable bonds is 9. The number of aryl methyl sites for hydroxylation is 1. The van der Waals surface area contributed by atoms with Crippen LogP contribution < -0.4 is 20.7 Å². The van der Waals surface area contributed by atoms with Crippen molar-refractivity contribution in [2.75, 3.05) is 0 Å². The lowest BCUT2D eigenvalue weighted by Crippen LogP contribution is -2.32. The number of hydrogen-bond donors (Lipinski definition) is 0. The fourth-order valence-electron chi connectivity index (χ4n) is 5.24. The molecular weight excluding hydrogens is 543 g/mol. The van der Waals surface area contributed by atoms with Crippen LogP contribution in [-0.2, 0) is 25.6 Å². The molecule has 1 nitrogen and oxygen atoms in total. The standard InChI is InChI=1S/C35H30F4OP/c1-26-17-18-34(40-24-28-20-27(23-36)21-30(22-28)35(37,38)39)29(19-26)25-41(31-11-5-2-6-12-31,32-13-7-3-8-14-32)33-15-9-4-10-16-33/h2-22H,23-25H2,1H3/q+1. The van der Waals surface area contributed by atoms with Crippen LogP contribution in [0.15, 0.2) is 127 Å². The summed E-state index contributed by atoms with van der Waals surface area (Å²) in [5.74, 6) is 0.599. The van der Waals surface area contributed by atoms with Crippen molar-refractivity contribution in [3.63, 3.8) is 0 Å². The molecule has 0 aliphatic heterocycles. The van der Waals surface area contributed by atoms with E-state index in [0.29, 0.717) is 11.9 Å². The maximum Gasteiger partial charge on any atom is 0.416 e. The molecule has 0 aromatic heterocycles. The van der Waals surface area contributed by atoms with Gasteiger partial charge < -0.3 is 4.74 Å². The zero-order valence-electron chi connectivity index (χ0n) is 22.6. The molecule has 0 radical (unpaired) electrons. The van der Waals surface area contributed by atoms with Gasteiger partial charge in [0.1, 0.15) is 48.4 Å². The second-order valence-electron chi connectivity index (χ2n) is 10.0. The van der Waals surface area contributed by atoms with E-state index in [-0.39, 0.29) is 17.7 Å². The summed E-state index contributed by atoms with van der Waals surface area (Å²) in [6.07, 6.45) is -3.92. The predicted molar refractivity (Wildman–Crippen MR) is 161 cm³/mol. The summed E-state index contributed by atoms with van der Waals surface area (Å²) in [4.78, 5) is 0. The van der Waals surface area contributed by atoms with Crippen molar-refractivity contribution >= 4 is 23.2 Å². The molecule has 0 amide bonds. The molecule has 0 heterocycles. The molecule has 0 atom stereocenters. The van der Waals surface area contributed by atoms with E-state index in [9.17, 15) is 17.6 Å². The summed E-state index contributed by atoms with van der Waals surface area (Å²) in [5, 5.41) is 3.65. The quantitative estimate of drug-likeness (QED) is 0.127. The van der Waals surface area contributed by atoms with Gasteiger partial charge in [0.25, 0.3) is 0 Å². The van der Waals surface area contributed by atoms with Crippen LogP contribution in [0.2, 0.25) is 0 Å². The Hall–Kier alpha value is -3.95. The van der Waals surface area contributed by atoms with Gasteiger partial charge in [0, 0.05) is 5.56 Å². The summed E-state index contributed by atoms with van der Waals surface area (Å²) in [6, 6.07) is 40.6. The highest BCUT2D eigenvalue weighted by Crippen LogP contribution is 2.59. The van der Waals surface area contributed by atoms with Crippen molar-refractivity contribution in [1.82, 2.24) is 0 Å². The minimum Gasteiger partial charge on any atom is -0.488 e. The van der Waals surface area contributed by atoms with Gasteiger partial charge in [-0.05, 0) is 84.8 Å². The molecule has 5 rings (SSSR count). The highest BCUT2D eigenvalue weighted by Gasteiger charge is 2.46. The van der Waals surface area contributed by atoms with Crippen LogP contribution in [0.3, 0.4) is 0 Å². The predicted octanol–water partition coefficient (Wildman–Crippen LogP) is 8.56. The van der Waals surface area contributed by atoms with Crippen molar-refractivity contribution in [2.24, 2.45) is 0 Å². The minimum absolute atomic E-state index is 0.0234. The Labute approximate surface area is 238 Å². The highest BCUT2D eigenvalue weighted by molar-refractivity contribution is 7.95. The monoisotopic (exact) mass is 573 g/mol. The average molecular weight is 574 g/mol. The summed E-state index contributed by atoms with van der Waals surface area (Å²) in [7, 11) is -2.24. The van der Waals surface area contributed by atoms with Crippen LogP contribution in [0.5, 0.6) is 5.75 Å². The van der Waals surface area contributed by atoms with Crippen LogP contribution in [0.1, 0.15) is 27.8 Å². The third kappa shape index (κ3) is 6.36. The fourth-order valence-corrected chi connectivity index (χ4v) is 9.49. The molecular formula is C35H30F4OP+. The molecule has 0 fully saturated rings. The van der Waals surface area contributed by atoms with E-state index < -0.39 is 25.7 Å². The molecule has 208 valence electrons. The van der Waals surface area contributed by atoms with Crippen molar-refractivity contribution in [1.29, 1.82) is 0 Å². The first-order valence-electron chi connectivity index (χ1n) is 13.3. The lowest BCUT2D eigenvalue weighted by molar-refractivity contribution is -0.137. The van der Waals surface area contributed by atoms with Crippen molar-refractivity contribution in [3.8, 4) is 5.75 Å². The van der Waals surface area contributed by atoms with Crippen LogP contribution in [0.4, 0.5) is 17.6 Å². The highest BCUT2D eigenvalue weighted by atomic mass is 31.2. The van der Waals surface area contributed by atoms with E-state index in [1.54, 1.807) is 0 Å². The molecule has 0 bridgehead atoms. The summed E-state index contributed by atoms with van der Waals surface area (Å²) in [6.45, 7) is 0.923.